The molecule has 1 N–H and O–H groups in total. The van der Waals surface area contributed by atoms with Crippen LogP contribution in [0.5, 0.6) is 0 Å². The first kappa shape index (κ1) is 14.2. The van der Waals surface area contributed by atoms with Gasteiger partial charge in [0, 0.05) is 0 Å². The van der Waals surface area contributed by atoms with Crippen molar-refractivity contribution in [2.75, 3.05) is 0 Å². The third kappa shape index (κ3) is 2.34. The minimum absolute atomic E-state index is 0.376. The van der Waals surface area contributed by atoms with Gasteiger partial charge in [-0.15, -0.1) is 0 Å². The molecule has 0 saturated heterocycles. The fraction of sp³-hybridized carbons (Fsp3) is 0.0556. The molecule has 0 amide bonds. The van der Waals surface area contributed by atoms with E-state index in [4.69, 9.17) is 0 Å². The summed E-state index contributed by atoms with van der Waals surface area (Å²) in [5.74, 6) is 0. The Bertz CT molecular complexity index is 1110. The lowest BCUT2D eigenvalue weighted by atomic mass is 10.2. The zero-order valence-corrected chi connectivity index (χ0v) is 12.7. The van der Waals surface area contributed by atoms with Crippen molar-refractivity contribution in [2.24, 2.45) is 0 Å². The molecule has 0 aliphatic carbocycles. The van der Waals surface area contributed by atoms with E-state index in [9.17, 15) is 9.59 Å². The SMILES string of the molecule is O=c1[nH]c2c(cnn2Cc2ccccc2)c(=O)n1-c1ccccc1. The number of para-hydroxylation sites is 1. The van der Waals surface area contributed by atoms with Gasteiger partial charge in [-0.1, -0.05) is 48.5 Å². The highest BCUT2D eigenvalue weighted by Crippen LogP contribution is 2.09. The van der Waals surface area contributed by atoms with Crippen LogP contribution in [-0.2, 0) is 6.54 Å². The van der Waals surface area contributed by atoms with E-state index in [1.54, 1.807) is 28.9 Å². The van der Waals surface area contributed by atoms with Gasteiger partial charge in [-0.25, -0.2) is 14.0 Å². The van der Waals surface area contributed by atoms with Crippen LogP contribution < -0.4 is 11.2 Å². The summed E-state index contributed by atoms with van der Waals surface area (Å²) >= 11 is 0. The first-order chi connectivity index (χ1) is 11.7. The van der Waals surface area contributed by atoms with E-state index in [-0.39, 0.29) is 5.56 Å². The third-order valence-corrected chi connectivity index (χ3v) is 3.89. The van der Waals surface area contributed by atoms with Crippen LogP contribution in [0.2, 0.25) is 0 Å². The number of hydrogen-bond acceptors (Lipinski definition) is 3. The molecule has 4 aromatic rings. The normalized spacial score (nSPS) is 11.0. The molecule has 2 heterocycles. The van der Waals surface area contributed by atoms with Crippen molar-refractivity contribution in [1.29, 1.82) is 0 Å². The molecule has 0 bridgehead atoms. The van der Waals surface area contributed by atoms with Gasteiger partial charge in [-0.3, -0.25) is 9.78 Å². The highest BCUT2D eigenvalue weighted by molar-refractivity contribution is 5.73. The average molecular weight is 318 g/mol. The van der Waals surface area contributed by atoms with Crippen LogP contribution in [0.3, 0.4) is 0 Å². The lowest BCUT2D eigenvalue weighted by Crippen LogP contribution is -2.33. The minimum atomic E-state index is -0.478. The summed E-state index contributed by atoms with van der Waals surface area (Å²) in [4.78, 5) is 27.9. The maximum Gasteiger partial charge on any atom is 0.334 e. The van der Waals surface area contributed by atoms with E-state index in [2.05, 4.69) is 10.1 Å². The van der Waals surface area contributed by atoms with E-state index in [0.717, 1.165) is 10.1 Å². The Kier molecular flexibility index (Phi) is 3.35. The largest absolute Gasteiger partial charge is 0.334 e. The summed E-state index contributed by atoms with van der Waals surface area (Å²) in [6.07, 6.45) is 1.50. The van der Waals surface area contributed by atoms with Crippen LogP contribution in [0.25, 0.3) is 16.7 Å². The van der Waals surface area contributed by atoms with Gasteiger partial charge in [-0.2, -0.15) is 5.10 Å². The zero-order chi connectivity index (χ0) is 16.5. The molecular formula is C18H14N4O2. The van der Waals surface area contributed by atoms with Crippen molar-refractivity contribution in [1.82, 2.24) is 19.3 Å². The monoisotopic (exact) mass is 318 g/mol. The highest BCUT2D eigenvalue weighted by atomic mass is 16.2. The third-order valence-electron chi connectivity index (χ3n) is 3.89. The number of hydrogen-bond donors (Lipinski definition) is 1. The van der Waals surface area contributed by atoms with Gasteiger partial charge in [-0.05, 0) is 17.7 Å². The Morgan fingerprint density at radius 3 is 2.29 bits per heavy atom. The van der Waals surface area contributed by atoms with Crippen molar-refractivity contribution in [3.8, 4) is 5.69 Å². The summed E-state index contributed by atoms with van der Waals surface area (Å²) in [5, 5.41) is 4.64. The molecule has 4 rings (SSSR count). The Hall–Kier alpha value is -3.41. The van der Waals surface area contributed by atoms with Gasteiger partial charge in [0.1, 0.15) is 11.0 Å². The molecule has 0 aliphatic rings. The molecule has 0 radical (unpaired) electrons. The summed E-state index contributed by atoms with van der Waals surface area (Å²) < 4.78 is 2.75. The molecule has 118 valence electrons. The van der Waals surface area contributed by atoms with Crippen LogP contribution in [-0.4, -0.2) is 19.3 Å². The van der Waals surface area contributed by atoms with E-state index < -0.39 is 5.69 Å². The van der Waals surface area contributed by atoms with Gasteiger partial charge in [0.05, 0.1) is 18.4 Å². The molecule has 0 spiro atoms. The molecule has 24 heavy (non-hydrogen) atoms. The summed E-state index contributed by atoms with van der Waals surface area (Å²) in [5.41, 5.74) is 1.14. The molecule has 0 aliphatic heterocycles. The number of nitrogens with zero attached hydrogens (tertiary/aromatic N) is 3. The maximum atomic E-state index is 12.7. The molecule has 6 heteroatoms. The molecule has 2 aromatic carbocycles. The molecular weight excluding hydrogens is 304 g/mol. The van der Waals surface area contributed by atoms with Gasteiger partial charge in [0.25, 0.3) is 5.56 Å². The van der Waals surface area contributed by atoms with Crippen molar-refractivity contribution in [2.45, 2.75) is 6.54 Å². The predicted octanol–water partition coefficient (Wildman–Crippen LogP) is 1.92. The fourth-order valence-corrected chi connectivity index (χ4v) is 2.73. The fourth-order valence-electron chi connectivity index (χ4n) is 2.73. The van der Waals surface area contributed by atoms with Crippen molar-refractivity contribution in [3.63, 3.8) is 0 Å². The van der Waals surface area contributed by atoms with Crippen molar-refractivity contribution >= 4 is 11.0 Å². The quantitative estimate of drug-likeness (QED) is 0.627. The highest BCUT2D eigenvalue weighted by Gasteiger charge is 2.13. The number of aromatic nitrogens is 4. The number of fused-ring (bicyclic) bond motifs is 1. The minimum Gasteiger partial charge on any atom is -0.291 e. The number of aromatic amines is 1. The molecule has 0 unspecified atom stereocenters. The lowest BCUT2D eigenvalue weighted by molar-refractivity contribution is 0.700. The van der Waals surface area contributed by atoms with Crippen LogP contribution in [0.1, 0.15) is 5.56 Å². The predicted molar refractivity (Wildman–Crippen MR) is 91.5 cm³/mol. The van der Waals surface area contributed by atoms with Gasteiger partial charge < -0.3 is 0 Å². The van der Waals surface area contributed by atoms with E-state index in [0.29, 0.717) is 23.3 Å². The number of H-pyrrole nitrogens is 1. The van der Waals surface area contributed by atoms with Crippen LogP contribution in [0.4, 0.5) is 0 Å². The lowest BCUT2D eigenvalue weighted by Gasteiger charge is -2.06. The summed E-state index contributed by atoms with van der Waals surface area (Å²) in [6, 6.07) is 18.6. The Labute approximate surface area is 136 Å². The van der Waals surface area contributed by atoms with Gasteiger partial charge in [0.15, 0.2) is 0 Å². The van der Waals surface area contributed by atoms with Crippen LogP contribution in [0, 0.1) is 0 Å². The molecule has 0 fully saturated rings. The molecule has 2 aromatic heterocycles. The molecule has 6 nitrogen and oxygen atoms in total. The van der Waals surface area contributed by atoms with Gasteiger partial charge in [0.2, 0.25) is 0 Å². The summed E-state index contributed by atoms with van der Waals surface area (Å²) in [7, 11) is 0. The van der Waals surface area contributed by atoms with Crippen LogP contribution in [0.15, 0.2) is 76.4 Å². The summed E-state index contributed by atoms with van der Waals surface area (Å²) in [6.45, 7) is 0.481. The number of benzene rings is 2. The maximum absolute atomic E-state index is 12.7. The van der Waals surface area contributed by atoms with E-state index in [1.807, 2.05) is 36.4 Å². The van der Waals surface area contributed by atoms with E-state index in [1.165, 1.54) is 6.20 Å². The second-order valence-corrected chi connectivity index (χ2v) is 5.46. The molecule has 0 saturated carbocycles. The number of rotatable bonds is 3. The smallest absolute Gasteiger partial charge is 0.291 e. The first-order valence-corrected chi connectivity index (χ1v) is 7.54. The number of nitrogens with one attached hydrogen (secondary N) is 1. The second-order valence-electron chi connectivity index (χ2n) is 5.46. The topological polar surface area (TPSA) is 72.7 Å². The van der Waals surface area contributed by atoms with Gasteiger partial charge >= 0.3 is 5.69 Å². The second kappa shape index (κ2) is 5.66. The molecule has 0 atom stereocenters. The Balaban J connectivity index is 1.88. The Morgan fingerprint density at radius 1 is 0.917 bits per heavy atom. The average Bonchev–Trinajstić information content (AvgIpc) is 3.00. The van der Waals surface area contributed by atoms with Crippen molar-refractivity contribution < 1.29 is 0 Å². The van der Waals surface area contributed by atoms with Crippen LogP contribution >= 0.6 is 0 Å². The first-order valence-electron chi connectivity index (χ1n) is 7.54. The van der Waals surface area contributed by atoms with E-state index >= 15 is 0 Å². The van der Waals surface area contributed by atoms with Crippen molar-refractivity contribution in [3.05, 3.63) is 93.3 Å². The zero-order valence-electron chi connectivity index (χ0n) is 12.7. The standard InChI is InChI=1S/C18H14N4O2/c23-17-15-11-19-21(12-13-7-3-1-4-8-13)16(15)20-18(24)22(17)14-9-5-2-6-10-14/h1-11H,12H2,(H,20,24). The Morgan fingerprint density at radius 2 is 1.58 bits per heavy atom.